The van der Waals surface area contributed by atoms with Gasteiger partial charge in [0.15, 0.2) is 0 Å². The average Bonchev–Trinajstić information content (AvgIpc) is 2.49. The van der Waals surface area contributed by atoms with E-state index in [4.69, 9.17) is 0 Å². The number of hydrogen-bond acceptors (Lipinski definition) is 2. The zero-order chi connectivity index (χ0) is 15.8. The van der Waals surface area contributed by atoms with E-state index in [1.54, 1.807) is 7.05 Å². The molecule has 1 aromatic rings. The number of carboxylic acid groups (broad SMARTS) is 1. The Kier molecular flexibility index (Phi) is 6.92. The van der Waals surface area contributed by atoms with Gasteiger partial charge in [0.25, 0.3) is 0 Å². The molecule has 0 fully saturated rings. The lowest BCUT2D eigenvalue weighted by atomic mass is 10.00. The van der Waals surface area contributed by atoms with Gasteiger partial charge in [0.2, 0.25) is 5.91 Å². The Balaban J connectivity index is 2.75. The lowest BCUT2D eigenvalue weighted by molar-refractivity contribution is -0.150. The van der Waals surface area contributed by atoms with E-state index < -0.39 is 12.0 Å². The fraction of sp³-hybridized carbons (Fsp3) is 0.529. The van der Waals surface area contributed by atoms with E-state index in [0.717, 1.165) is 24.8 Å². The van der Waals surface area contributed by atoms with Gasteiger partial charge in [0, 0.05) is 19.4 Å². The number of carboxylic acids is 1. The summed E-state index contributed by atoms with van der Waals surface area (Å²) in [6.07, 6.45) is 3.15. The number of carbonyl (C=O) groups is 2. The number of hydrogen-bond donors (Lipinski definition) is 1. The van der Waals surface area contributed by atoms with E-state index in [0.29, 0.717) is 6.42 Å². The highest BCUT2D eigenvalue weighted by molar-refractivity contribution is 5.84. The van der Waals surface area contributed by atoms with E-state index in [1.165, 1.54) is 4.90 Å². The van der Waals surface area contributed by atoms with Crippen molar-refractivity contribution in [2.24, 2.45) is 5.92 Å². The fourth-order valence-corrected chi connectivity index (χ4v) is 2.36. The van der Waals surface area contributed by atoms with Crippen LogP contribution in [0.2, 0.25) is 0 Å². The fourth-order valence-electron chi connectivity index (χ4n) is 2.36. The minimum Gasteiger partial charge on any atom is -0.480 e. The van der Waals surface area contributed by atoms with Crippen molar-refractivity contribution in [3.8, 4) is 0 Å². The number of unbranched alkanes of at least 4 members (excludes halogenated alkanes) is 1. The van der Waals surface area contributed by atoms with Gasteiger partial charge in [-0.05, 0) is 12.0 Å². The molecule has 0 aromatic heterocycles. The van der Waals surface area contributed by atoms with E-state index in [-0.39, 0.29) is 11.8 Å². The van der Waals surface area contributed by atoms with Crippen LogP contribution in [0.3, 0.4) is 0 Å². The number of benzene rings is 1. The topological polar surface area (TPSA) is 57.6 Å². The zero-order valence-corrected chi connectivity index (χ0v) is 13.1. The molecule has 0 spiro atoms. The summed E-state index contributed by atoms with van der Waals surface area (Å²) >= 11 is 0. The minimum atomic E-state index is -0.961. The molecule has 0 radical (unpaired) electrons. The van der Waals surface area contributed by atoms with Crippen molar-refractivity contribution in [3.05, 3.63) is 35.9 Å². The second-order valence-electron chi connectivity index (χ2n) is 5.54. The van der Waals surface area contributed by atoms with Gasteiger partial charge in [0.05, 0.1) is 0 Å². The minimum absolute atomic E-state index is 0.0909. The maximum Gasteiger partial charge on any atom is 0.326 e. The number of rotatable bonds is 8. The molecular formula is C17H25NO3. The molecule has 2 unspecified atom stereocenters. The molecule has 0 saturated carbocycles. The molecule has 1 amide bonds. The third kappa shape index (κ3) is 5.21. The van der Waals surface area contributed by atoms with Crippen molar-refractivity contribution in [2.75, 3.05) is 7.05 Å². The van der Waals surface area contributed by atoms with Crippen molar-refractivity contribution in [1.82, 2.24) is 4.90 Å². The summed E-state index contributed by atoms with van der Waals surface area (Å²) in [5, 5.41) is 9.42. The van der Waals surface area contributed by atoms with Crippen LogP contribution in [-0.4, -0.2) is 35.0 Å². The quantitative estimate of drug-likeness (QED) is 0.801. The van der Waals surface area contributed by atoms with Crippen molar-refractivity contribution in [2.45, 2.75) is 45.6 Å². The van der Waals surface area contributed by atoms with Crippen LogP contribution in [0.1, 0.15) is 38.7 Å². The highest BCUT2D eigenvalue weighted by Gasteiger charge is 2.29. The van der Waals surface area contributed by atoms with Gasteiger partial charge in [-0.15, -0.1) is 0 Å². The molecule has 2 atom stereocenters. The van der Waals surface area contributed by atoms with E-state index >= 15 is 0 Å². The molecular weight excluding hydrogens is 266 g/mol. The second kappa shape index (κ2) is 8.45. The molecule has 0 aliphatic rings. The summed E-state index contributed by atoms with van der Waals surface area (Å²) in [5.74, 6) is -1.18. The van der Waals surface area contributed by atoms with Crippen LogP contribution < -0.4 is 0 Å². The molecule has 4 heteroatoms. The molecule has 0 heterocycles. The number of likely N-dealkylation sites (N-methyl/N-ethyl adjacent to an activating group) is 1. The summed E-state index contributed by atoms with van der Waals surface area (Å²) < 4.78 is 0. The number of amides is 1. The molecule has 1 N–H and O–H groups in total. The number of nitrogens with zero attached hydrogens (tertiary/aromatic N) is 1. The summed E-state index contributed by atoms with van der Waals surface area (Å²) in [7, 11) is 1.59. The largest absolute Gasteiger partial charge is 0.480 e. The zero-order valence-electron chi connectivity index (χ0n) is 13.1. The first-order chi connectivity index (χ1) is 9.97. The van der Waals surface area contributed by atoms with Crippen LogP contribution in [0.25, 0.3) is 0 Å². The van der Waals surface area contributed by atoms with E-state index in [9.17, 15) is 14.7 Å². The van der Waals surface area contributed by atoms with Crippen LogP contribution in [0.4, 0.5) is 0 Å². The van der Waals surface area contributed by atoms with Gasteiger partial charge in [-0.3, -0.25) is 4.79 Å². The van der Waals surface area contributed by atoms with Crippen molar-refractivity contribution in [3.63, 3.8) is 0 Å². The summed E-state index contributed by atoms with van der Waals surface area (Å²) in [6, 6.07) is 8.59. The van der Waals surface area contributed by atoms with Crippen molar-refractivity contribution in [1.29, 1.82) is 0 Å². The van der Waals surface area contributed by atoms with E-state index in [2.05, 4.69) is 6.92 Å². The SMILES string of the molecule is CCCCC(C)C(=O)N(C)C(Cc1ccccc1)C(=O)O. The normalized spacial score (nSPS) is 13.5. The lowest BCUT2D eigenvalue weighted by Crippen LogP contribution is -2.45. The first-order valence-corrected chi connectivity index (χ1v) is 7.50. The Morgan fingerprint density at radius 3 is 2.38 bits per heavy atom. The van der Waals surface area contributed by atoms with Crippen LogP contribution in [0.15, 0.2) is 30.3 Å². The van der Waals surface area contributed by atoms with Crippen LogP contribution in [0.5, 0.6) is 0 Å². The standard InChI is InChI=1S/C17H25NO3/c1-4-5-9-13(2)16(19)18(3)15(17(20)21)12-14-10-7-6-8-11-14/h6-8,10-11,13,15H,4-5,9,12H2,1-3H3,(H,20,21). The number of carbonyl (C=O) groups excluding carboxylic acids is 1. The lowest BCUT2D eigenvalue weighted by Gasteiger charge is -2.27. The van der Waals surface area contributed by atoms with Gasteiger partial charge < -0.3 is 10.0 Å². The monoisotopic (exact) mass is 291 g/mol. The smallest absolute Gasteiger partial charge is 0.326 e. The third-order valence-corrected chi connectivity index (χ3v) is 3.78. The highest BCUT2D eigenvalue weighted by Crippen LogP contribution is 2.15. The molecule has 116 valence electrons. The molecule has 0 aliphatic heterocycles. The summed E-state index contributed by atoms with van der Waals surface area (Å²) in [6.45, 7) is 3.95. The predicted octanol–water partition coefficient (Wildman–Crippen LogP) is 2.97. The van der Waals surface area contributed by atoms with Gasteiger partial charge in [-0.1, -0.05) is 57.0 Å². The summed E-state index contributed by atoms with van der Waals surface area (Å²) in [5.41, 5.74) is 0.922. The Morgan fingerprint density at radius 1 is 1.24 bits per heavy atom. The Bertz CT molecular complexity index is 458. The molecule has 0 saturated heterocycles. The van der Waals surface area contributed by atoms with Gasteiger partial charge >= 0.3 is 5.97 Å². The third-order valence-electron chi connectivity index (χ3n) is 3.78. The molecule has 21 heavy (non-hydrogen) atoms. The first kappa shape index (κ1) is 17.2. The highest BCUT2D eigenvalue weighted by atomic mass is 16.4. The van der Waals surface area contributed by atoms with Crippen molar-refractivity contribution >= 4 is 11.9 Å². The first-order valence-electron chi connectivity index (χ1n) is 7.50. The maximum atomic E-state index is 12.3. The molecule has 4 nitrogen and oxygen atoms in total. The molecule has 1 aromatic carbocycles. The summed E-state index contributed by atoms with van der Waals surface area (Å²) in [4.78, 5) is 25.2. The van der Waals surface area contributed by atoms with Gasteiger partial charge in [-0.2, -0.15) is 0 Å². The second-order valence-corrected chi connectivity index (χ2v) is 5.54. The van der Waals surface area contributed by atoms with Crippen LogP contribution in [0, 0.1) is 5.92 Å². The predicted molar refractivity (Wildman–Crippen MR) is 83.0 cm³/mol. The van der Waals surface area contributed by atoms with E-state index in [1.807, 2.05) is 37.3 Å². The molecule has 0 aliphatic carbocycles. The Labute approximate surface area is 126 Å². The molecule has 1 rings (SSSR count). The van der Waals surface area contributed by atoms with Crippen LogP contribution >= 0.6 is 0 Å². The number of aliphatic carboxylic acids is 1. The Hall–Kier alpha value is -1.84. The van der Waals surface area contributed by atoms with Crippen molar-refractivity contribution < 1.29 is 14.7 Å². The van der Waals surface area contributed by atoms with Gasteiger partial charge in [-0.25, -0.2) is 4.79 Å². The maximum absolute atomic E-state index is 12.3. The molecule has 0 bridgehead atoms. The van der Waals surface area contributed by atoms with Crippen LogP contribution in [-0.2, 0) is 16.0 Å². The average molecular weight is 291 g/mol. The Morgan fingerprint density at radius 2 is 1.86 bits per heavy atom. The van der Waals surface area contributed by atoms with Gasteiger partial charge in [0.1, 0.15) is 6.04 Å².